The maximum Gasteiger partial charge on any atom is 0.404 e. The Morgan fingerprint density at radius 3 is 2.20 bits per heavy atom. The molecule has 0 aromatic heterocycles. The number of carbonyl (C=O) groups is 1. The van der Waals surface area contributed by atoms with Crippen LogP contribution in [0.3, 0.4) is 0 Å². The van der Waals surface area contributed by atoms with E-state index in [9.17, 15) is 41.3 Å². The normalized spacial score (nSPS) is 17.6. The molecule has 1 aliphatic rings. The zero-order chi connectivity index (χ0) is 19.2. The minimum atomic E-state index is -5.59. The van der Waals surface area contributed by atoms with Gasteiger partial charge in [-0.3, -0.25) is 14.9 Å². The molecule has 0 bridgehead atoms. The van der Waals surface area contributed by atoms with Crippen molar-refractivity contribution in [3.63, 3.8) is 0 Å². The molecule has 0 aliphatic carbocycles. The number of alkyl halides is 6. The molecule has 0 saturated carbocycles. The minimum absolute atomic E-state index is 0.289. The first kappa shape index (κ1) is 18.8. The SMILES string of the molecule is Nc1ccc(C(=O)N2CCC(C(F)(F)F)(C(F)(F)F)C2)cc1[N+](=O)[O-]. The minimum Gasteiger partial charge on any atom is -0.393 e. The van der Waals surface area contributed by atoms with Gasteiger partial charge in [-0.05, 0) is 18.6 Å². The summed E-state index contributed by atoms with van der Waals surface area (Å²) in [6, 6.07) is 2.72. The summed E-state index contributed by atoms with van der Waals surface area (Å²) in [5.41, 5.74) is -0.0499. The van der Waals surface area contributed by atoms with E-state index in [-0.39, 0.29) is 5.69 Å². The van der Waals surface area contributed by atoms with Crippen LogP contribution in [-0.2, 0) is 0 Å². The topological polar surface area (TPSA) is 89.5 Å². The molecule has 6 nitrogen and oxygen atoms in total. The van der Waals surface area contributed by atoms with Gasteiger partial charge in [-0.1, -0.05) is 0 Å². The molecule has 1 amide bonds. The molecule has 138 valence electrons. The number of nitro groups is 1. The van der Waals surface area contributed by atoms with Crippen molar-refractivity contribution in [2.75, 3.05) is 18.8 Å². The zero-order valence-electron chi connectivity index (χ0n) is 12.3. The number of hydrogen-bond acceptors (Lipinski definition) is 4. The molecule has 25 heavy (non-hydrogen) atoms. The van der Waals surface area contributed by atoms with E-state index in [1.165, 1.54) is 0 Å². The molecule has 12 heteroatoms. The lowest BCUT2D eigenvalue weighted by Crippen LogP contribution is -2.52. The van der Waals surface area contributed by atoms with E-state index < -0.39 is 59.4 Å². The summed E-state index contributed by atoms with van der Waals surface area (Å²) in [6.07, 6.45) is -12.5. The van der Waals surface area contributed by atoms with Crippen LogP contribution >= 0.6 is 0 Å². The van der Waals surface area contributed by atoms with E-state index >= 15 is 0 Å². The predicted molar refractivity (Wildman–Crippen MR) is 72.6 cm³/mol. The Morgan fingerprint density at radius 1 is 1.20 bits per heavy atom. The summed E-state index contributed by atoms with van der Waals surface area (Å²) in [7, 11) is 0. The third-order valence-electron chi connectivity index (χ3n) is 4.12. The highest BCUT2D eigenvalue weighted by Gasteiger charge is 2.72. The number of nitrogens with zero attached hydrogens (tertiary/aromatic N) is 2. The number of benzene rings is 1. The van der Waals surface area contributed by atoms with Crippen molar-refractivity contribution in [1.29, 1.82) is 0 Å². The van der Waals surface area contributed by atoms with Gasteiger partial charge in [0.05, 0.1) is 4.92 Å². The Balaban J connectivity index is 2.34. The molecule has 1 aliphatic heterocycles. The van der Waals surface area contributed by atoms with Crippen LogP contribution in [0.15, 0.2) is 18.2 Å². The second-order valence-corrected chi connectivity index (χ2v) is 5.59. The quantitative estimate of drug-likeness (QED) is 0.374. The van der Waals surface area contributed by atoms with Crippen molar-refractivity contribution >= 4 is 17.3 Å². The summed E-state index contributed by atoms with van der Waals surface area (Å²) >= 11 is 0. The molecular formula is C13H11F6N3O3. The van der Waals surface area contributed by atoms with Crippen molar-refractivity contribution in [1.82, 2.24) is 4.90 Å². The molecule has 0 atom stereocenters. The van der Waals surface area contributed by atoms with E-state index in [2.05, 4.69) is 0 Å². The number of hydrogen-bond donors (Lipinski definition) is 1. The molecule has 1 aromatic rings. The van der Waals surface area contributed by atoms with Crippen molar-refractivity contribution in [2.24, 2.45) is 5.41 Å². The first-order chi connectivity index (χ1) is 11.3. The van der Waals surface area contributed by atoms with Crippen molar-refractivity contribution in [3.05, 3.63) is 33.9 Å². The zero-order valence-corrected chi connectivity index (χ0v) is 12.3. The molecule has 1 aromatic carbocycles. The standard InChI is InChI=1S/C13H11F6N3O3/c14-12(15,16)11(13(17,18)19)3-4-21(6-11)10(23)7-1-2-8(20)9(5-7)22(24)25/h1-2,5H,3-4,6,20H2. The van der Waals surface area contributed by atoms with Crippen LogP contribution in [0.2, 0.25) is 0 Å². The predicted octanol–water partition coefficient (Wildman–Crippen LogP) is 3.13. The average Bonchev–Trinajstić information content (AvgIpc) is 2.92. The van der Waals surface area contributed by atoms with Gasteiger partial charge in [-0.15, -0.1) is 0 Å². The summed E-state index contributed by atoms with van der Waals surface area (Å²) in [5.74, 6) is -1.17. The molecule has 2 rings (SSSR count). The van der Waals surface area contributed by atoms with Gasteiger partial charge in [0.25, 0.3) is 11.6 Å². The third kappa shape index (κ3) is 3.07. The van der Waals surface area contributed by atoms with Gasteiger partial charge >= 0.3 is 12.4 Å². The van der Waals surface area contributed by atoms with Gasteiger partial charge < -0.3 is 10.6 Å². The first-order valence-electron chi connectivity index (χ1n) is 6.77. The molecule has 0 unspecified atom stereocenters. The largest absolute Gasteiger partial charge is 0.404 e. The van der Waals surface area contributed by atoms with Crippen LogP contribution in [0.4, 0.5) is 37.7 Å². The summed E-state index contributed by atoms with van der Waals surface area (Å²) < 4.78 is 78.1. The lowest BCUT2D eigenvalue weighted by molar-refractivity contribution is -0.383. The second-order valence-electron chi connectivity index (χ2n) is 5.59. The van der Waals surface area contributed by atoms with Crippen LogP contribution < -0.4 is 5.73 Å². The van der Waals surface area contributed by atoms with E-state index in [1.807, 2.05) is 0 Å². The van der Waals surface area contributed by atoms with Crippen molar-refractivity contribution in [2.45, 2.75) is 18.8 Å². The number of likely N-dealkylation sites (tertiary alicyclic amines) is 1. The average molecular weight is 371 g/mol. The Labute approximate surface area is 136 Å². The molecule has 0 spiro atoms. The number of nitrogen functional groups attached to an aromatic ring is 1. The number of carbonyl (C=O) groups excluding carboxylic acids is 1. The number of anilines is 1. The highest BCUT2D eigenvalue weighted by atomic mass is 19.4. The van der Waals surface area contributed by atoms with Gasteiger partial charge in [0.2, 0.25) is 0 Å². The van der Waals surface area contributed by atoms with E-state index in [1.54, 1.807) is 0 Å². The summed E-state index contributed by atoms with van der Waals surface area (Å²) in [5, 5.41) is 10.8. The molecule has 1 heterocycles. The maximum absolute atomic E-state index is 13.0. The van der Waals surface area contributed by atoms with Gasteiger partial charge in [-0.2, -0.15) is 26.3 Å². The third-order valence-corrected chi connectivity index (χ3v) is 4.12. The van der Waals surface area contributed by atoms with Crippen LogP contribution in [0.5, 0.6) is 0 Å². The van der Waals surface area contributed by atoms with Gasteiger partial charge in [0, 0.05) is 24.7 Å². The maximum atomic E-state index is 13.0. The van der Waals surface area contributed by atoms with Gasteiger partial charge in [0.1, 0.15) is 5.69 Å². The fraction of sp³-hybridized carbons (Fsp3) is 0.462. The van der Waals surface area contributed by atoms with E-state index in [0.717, 1.165) is 18.2 Å². The van der Waals surface area contributed by atoms with Crippen LogP contribution in [0, 0.1) is 15.5 Å². The van der Waals surface area contributed by atoms with E-state index in [4.69, 9.17) is 5.73 Å². The van der Waals surface area contributed by atoms with Crippen molar-refractivity contribution in [3.8, 4) is 0 Å². The van der Waals surface area contributed by atoms with Gasteiger partial charge in [0.15, 0.2) is 5.41 Å². The molecule has 1 fully saturated rings. The number of rotatable bonds is 2. The van der Waals surface area contributed by atoms with Gasteiger partial charge in [-0.25, -0.2) is 0 Å². The highest BCUT2D eigenvalue weighted by molar-refractivity contribution is 5.95. The summed E-state index contributed by atoms with van der Waals surface area (Å²) in [6.45, 7) is -2.38. The number of nitrogens with two attached hydrogens (primary N) is 1. The molecular weight excluding hydrogens is 360 g/mol. The molecule has 1 saturated heterocycles. The van der Waals surface area contributed by atoms with Crippen molar-refractivity contribution < 1.29 is 36.1 Å². The Kier molecular flexibility index (Phi) is 4.34. The number of halogens is 6. The fourth-order valence-corrected chi connectivity index (χ4v) is 2.62. The molecule has 0 radical (unpaired) electrons. The highest BCUT2D eigenvalue weighted by Crippen LogP contribution is 2.55. The number of nitro benzene ring substituents is 1. The molecule has 2 N–H and O–H groups in total. The van der Waals surface area contributed by atoms with Crippen LogP contribution in [-0.4, -0.2) is 41.2 Å². The monoisotopic (exact) mass is 371 g/mol. The number of amides is 1. The fourth-order valence-electron chi connectivity index (χ4n) is 2.62. The first-order valence-corrected chi connectivity index (χ1v) is 6.77. The van der Waals surface area contributed by atoms with Crippen LogP contribution in [0.1, 0.15) is 16.8 Å². The Hall–Kier alpha value is -2.53. The second kappa shape index (κ2) is 5.77. The lowest BCUT2D eigenvalue weighted by atomic mass is 9.85. The lowest BCUT2D eigenvalue weighted by Gasteiger charge is -2.33. The van der Waals surface area contributed by atoms with E-state index in [0.29, 0.717) is 4.90 Å². The van der Waals surface area contributed by atoms with Crippen LogP contribution in [0.25, 0.3) is 0 Å². The Morgan fingerprint density at radius 2 is 1.76 bits per heavy atom. The smallest absolute Gasteiger partial charge is 0.393 e. The Bertz CT molecular complexity index is 702. The summed E-state index contributed by atoms with van der Waals surface area (Å²) in [4.78, 5) is 22.5.